The number of nitrogens with zero attached hydrogens (tertiary/aromatic N) is 2. The van der Waals surface area contributed by atoms with Gasteiger partial charge in [0.15, 0.2) is 0 Å². The van der Waals surface area contributed by atoms with Gasteiger partial charge in [0.05, 0.1) is 11.4 Å². The summed E-state index contributed by atoms with van der Waals surface area (Å²) in [5.74, 6) is 0. The number of nitrogens with one attached hydrogen (secondary N) is 1. The van der Waals surface area contributed by atoms with Crippen LogP contribution < -0.4 is 5.32 Å². The number of hydrogen-bond acceptors (Lipinski definition) is 2. The van der Waals surface area contributed by atoms with E-state index < -0.39 is 0 Å². The quantitative estimate of drug-likeness (QED) is 0.700. The lowest BCUT2D eigenvalue weighted by Crippen LogP contribution is -2.14. The Morgan fingerprint density at radius 1 is 1.10 bits per heavy atom. The zero-order valence-corrected chi connectivity index (χ0v) is 13.6. The molecule has 0 atom stereocenters. The lowest BCUT2D eigenvalue weighted by atomic mass is 10.1. The second kappa shape index (κ2) is 6.41. The van der Waals surface area contributed by atoms with Crippen LogP contribution in [0.5, 0.6) is 0 Å². The molecule has 1 aromatic heterocycles. The van der Waals surface area contributed by atoms with Gasteiger partial charge in [-0.25, -0.2) is 4.68 Å². The maximum Gasteiger partial charge on any atom is 0.0766 e. The van der Waals surface area contributed by atoms with E-state index in [4.69, 9.17) is 0 Å². The molecule has 108 valence electrons. The van der Waals surface area contributed by atoms with E-state index >= 15 is 0 Å². The molecule has 3 rings (SSSR count). The van der Waals surface area contributed by atoms with Gasteiger partial charge in [0.2, 0.25) is 0 Å². The third-order valence-corrected chi connectivity index (χ3v) is 4.16. The van der Waals surface area contributed by atoms with Crippen LogP contribution in [0.2, 0.25) is 0 Å². The highest BCUT2D eigenvalue weighted by Crippen LogP contribution is 2.28. The average Bonchev–Trinajstić information content (AvgIpc) is 2.97. The summed E-state index contributed by atoms with van der Waals surface area (Å²) in [5.41, 5.74) is 2.17. The molecule has 4 heteroatoms. The highest BCUT2D eigenvalue weighted by atomic mass is 79.9. The molecule has 0 radical (unpaired) electrons. The van der Waals surface area contributed by atoms with Crippen molar-refractivity contribution in [2.45, 2.75) is 19.9 Å². The first-order valence-corrected chi connectivity index (χ1v) is 8.02. The molecule has 0 amide bonds. The molecule has 0 saturated heterocycles. The predicted molar refractivity (Wildman–Crippen MR) is 90.8 cm³/mol. The Morgan fingerprint density at radius 2 is 1.90 bits per heavy atom. The molecule has 1 N–H and O–H groups in total. The summed E-state index contributed by atoms with van der Waals surface area (Å²) in [6, 6.07) is 14.6. The Labute approximate surface area is 133 Å². The number of rotatable bonds is 5. The molecule has 0 bridgehead atoms. The largest absolute Gasteiger partial charge is 0.311 e. The van der Waals surface area contributed by atoms with E-state index in [0.29, 0.717) is 0 Å². The fourth-order valence-electron chi connectivity index (χ4n) is 2.43. The number of benzene rings is 2. The van der Waals surface area contributed by atoms with E-state index in [1.54, 1.807) is 0 Å². The summed E-state index contributed by atoms with van der Waals surface area (Å²) in [4.78, 5) is 0. The van der Waals surface area contributed by atoms with E-state index in [-0.39, 0.29) is 0 Å². The lowest BCUT2D eigenvalue weighted by molar-refractivity contribution is 0.657. The van der Waals surface area contributed by atoms with E-state index in [1.807, 2.05) is 10.9 Å². The van der Waals surface area contributed by atoms with Gasteiger partial charge in [-0.05, 0) is 36.6 Å². The minimum absolute atomic E-state index is 0.815. The van der Waals surface area contributed by atoms with Crippen molar-refractivity contribution < 1.29 is 0 Å². The van der Waals surface area contributed by atoms with Crippen LogP contribution in [0.1, 0.15) is 19.0 Å². The van der Waals surface area contributed by atoms with Crippen molar-refractivity contribution in [3.05, 3.63) is 58.8 Å². The minimum Gasteiger partial charge on any atom is -0.311 e. The second-order valence-electron chi connectivity index (χ2n) is 5.04. The van der Waals surface area contributed by atoms with Crippen LogP contribution in [0.3, 0.4) is 0 Å². The topological polar surface area (TPSA) is 29.9 Å². The van der Waals surface area contributed by atoms with Crippen molar-refractivity contribution in [3.63, 3.8) is 0 Å². The van der Waals surface area contributed by atoms with Gasteiger partial charge in [-0.3, -0.25) is 0 Å². The molecule has 3 nitrogen and oxygen atoms in total. The van der Waals surface area contributed by atoms with Gasteiger partial charge in [0, 0.05) is 22.6 Å². The monoisotopic (exact) mass is 343 g/mol. The van der Waals surface area contributed by atoms with Crippen LogP contribution >= 0.6 is 15.9 Å². The van der Waals surface area contributed by atoms with E-state index in [0.717, 1.165) is 35.4 Å². The summed E-state index contributed by atoms with van der Waals surface area (Å²) in [5, 5.41) is 10.5. The first-order chi connectivity index (χ1) is 10.3. The smallest absolute Gasteiger partial charge is 0.0766 e. The van der Waals surface area contributed by atoms with E-state index in [1.165, 1.54) is 10.8 Å². The third-order valence-electron chi connectivity index (χ3n) is 3.47. The number of hydrogen-bond donors (Lipinski definition) is 1. The highest BCUT2D eigenvalue weighted by Gasteiger charge is 2.07. The second-order valence-corrected chi connectivity index (χ2v) is 5.89. The van der Waals surface area contributed by atoms with Crippen LogP contribution in [-0.2, 0) is 6.54 Å². The molecular weight excluding hydrogens is 326 g/mol. The zero-order valence-electron chi connectivity index (χ0n) is 12.0. The third kappa shape index (κ3) is 3.01. The van der Waals surface area contributed by atoms with Crippen LogP contribution in [0.25, 0.3) is 16.5 Å². The summed E-state index contributed by atoms with van der Waals surface area (Å²) in [6.45, 7) is 4.00. The molecule has 0 aliphatic carbocycles. The summed E-state index contributed by atoms with van der Waals surface area (Å²) < 4.78 is 3.07. The highest BCUT2D eigenvalue weighted by molar-refractivity contribution is 9.10. The van der Waals surface area contributed by atoms with Crippen molar-refractivity contribution in [2.75, 3.05) is 6.54 Å². The molecule has 0 spiro atoms. The Balaban J connectivity index is 1.96. The number of halogens is 1. The van der Waals surface area contributed by atoms with Gasteiger partial charge in [0.25, 0.3) is 0 Å². The first kappa shape index (κ1) is 14.3. The van der Waals surface area contributed by atoms with Crippen LogP contribution in [0.4, 0.5) is 0 Å². The van der Waals surface area contributed by atoms with Crippen molar-refractivity contribution in [1.82, 2.24) is 15.1 Å². The fourth-order valence-corrected chi connectivity index (χ4v) is 2.91. The van der Waals surface area contributed by atoms with Gasteiger partial charge in [0.1, 0.15) is 0 Å². The van der Waals surface area contributed by atoms with Crippen molar-refractivity contribution in [3.8, 4) is 5.69 Å². The molecule has 0 unspecified atom stereocenters. The number of aromatic nitrogens is 2. The molecule has 0 aliphatic heterocycles. The van der Waals surface area contributed by atoms with Crippen LogP contribution in [-0.4, -0.2) is 16.3 Å². The Bertz CT molecular complexity index is 749. The van der Waals surface area contributed by atoms with Gasteiger partial charge in [-0.1, -0.05) is 47.1 Å². The maximum atomic E-state index is 4.67. The lowest BCUT2D eigenvalue weighted by Gasteiger charge is -2.08. The molecule has 3 aromatic rings. The van der Waals surface area contributed by atoms with Crippen molar-refractivity contribution in [1.29, 1.82) is 0 Å². The van der Waals surface area contributed by atoms with Gasteiger partial charge < -0.3 is 5.32 Å². The SMILES string of the molecule is CCCNCc1ccn(-c2ccc(Br)c3ccccc23)n1. The average molecular weight is 344 g/mol. The van der Waals surface area contributed by atoms with Crippen molar-refractivity contribution in [2.24, 2.45) is 0 Å². The Morgan fingerprint density at radius 3 is 2.71 bits per heavy atom. The number of fused-ring (bicyclic) bond motifs is 1. The zero-order chi connectivity index (χ0) is 14.7. The summed E-state index contributed by atoms with van der Waals surface area (Å²) >= 11 is 3.61. The Kier molecular flexibility index (Phi) is 4.36. The molecule has 2 aromatic carbocycles. The first-order valence-electron chi connectivity index (χ1n) is 7.22. The van der Waals surface area contributed by atoms with Crippen molar-refractivity contribution >= 4 is 26.7 Å². The maximum absolute atomic E-state index is 4.67. The molecule has 21 heavy (non-hydrogen) atoms. The standard InChI is InChI=1S/C17H18BrN3/c1-2-10-19-12-13-9-11-21(20-13)17-8-7-16(18)14-5-3-4-6-15(14)17/h3-9,11,19H,2,10,12H2,1H3. The summed E-state index contributed by atoms with van der Waals surface area (Å²) in [6.07, 6.45) is 3.16. The Hall–Kier alpha value is -1.65. The molecule has 0 fully saturated rings. The van der Waals surface area contributed by atoms with Gasteiger partial charge in [-0.15, -0.1) is 0 Å². The minimum atomic E-state index is 0.815. The van der Waals surface area contributed by atoms with Gasteiger partial charge >= 0.3 is 0 Å². The fraction of sp³-hybridized carbons (Fsp3) is 0.235. The normalized spacial score (nSPS) is 11.1. The van der Waals surface area contributed by atoms with Crippen LogP contribution in [0, 0.1) is 0 Å². The molecule has 1 heterocycles. The summed E-state index contributed by atoms with van der Waals surface area (Å²) in [7, 11) is 0. The molecular formula is C17H18BrN3. The van der Waals surface area contributed by atoms with E-state index in [9.17, 15) is 0 Å². The van der Waals surface area contributed by atoms with E-state index in [2.05, 4.69) is 75.7 Å². The predicted octanol–water partition coefficient (Wildman–Crippen LogP) is 4.29. The van der Waals surface area contributed by atoms with Gasteiger partial charge in [-0.2, -0.15) is 5.10 Å². The van der Waals surface area contributed by atoms with Crippen LogP contribution in [0.15, 0.2) is 53.1 Å². The molecule has 0 saturated carbocycles. The molecule has 0 aliphatic rings.